The fraction of sp³-hybridized carbons (Fsp3) is 0.533. The topological polar surface area (TPSA) is 67.2 Å². The number of anilines is 1. The summed E-state index contributed by atoms with van der Waals surface area (Å²) >= 11 is 3.52. The fourth-order valence-corrected chi connectivity index (χ4v) is 3.76. The molecule has 1 unspecified atom stereocenters. The minimum Gasteiger partial charge on any atom is -0.381 e. The summed E-state index contributed by atoms with van der Waals surface area (Å²) in [6.07, 6.45) is 6.25. The average molecular weight is 338 g/mol. The molecule has 1 saturated carbocycles. The van der Waals surface area contributed by atoms with Crippen LogP contribution in [0.4, 0.5) is 5.69 Å². The summed E-state index contributed by atoms with van der Waals surface area (Å²) in [5, 5.41) is 7.27. The van der Waals surface area contributed by atoms with Crippen molar-refractivity contribution in [1.82, 2.24) is 5.32 Å². The molecule has 4 nitrogen and oxygen atoms in total. The van der Waals surface area contributed by atoms with Gasteiger partial charge in [-0.2, -0.15) is 0 Å². The third-order valence-electron chi connectivity index (χ3n) is 4.55. The monoisotopic (exact) mass is 337 g/mol. The molecule has 0 bridgehead atoms. The van der Waals surface area contributed by atoms with E-state index in [1.165, 1.54) is 25.7 Å². The number of nitrogens with one attached hydrogen (secondary N) is 2. The molecular weight excluding hydrogens is 318 g/mol. The maximum Gasteiger partial charge on any atom is 0.248 e. The molecule has 1 aliphatic carbocycles. The summed E-state index contributed by atoms with van der Waals surface area (Å²) < 4.78 is 0.898. The Morgan fingerprint density at radius 2 is 2.25 bits per heavy atom. The number of hydrogen-bond donors (Lipinski definition) is 3. The highest BCUT2D eigenvalue weighted by Gasteiger charge is 2.40. The fourth-order valence-electron chi connectivity index (χ4n) is 3.27. The van der Waals surface area contributed by atoms with Crippen LogP contribution in [0.5, 0.6) is 0 Å². The van der Waals surface area contributed by atoms with Gasteiger partial charge < -0.3 is 16.4 Å². The van der Waals surface area contributed by atoms with Gasteiger partial charge >= 0.3 is 0 Å². The van der Waals surface area contributed by atoms with E-state index in [0.29, 0.717) is 17.1 Å². The van der Waals surface area contributed by atoms with Crippen LogP contribution < -0.4 is 16.4 Å². The maximum absolute atomic E-state index is 11.2. The van der Waals surface area contributed by atoms with Gasteiger partial charge in [0.2, 0.25) is 5.91 Å². The molecule has 3 rings (SSSR count). The van der Waals surface area contributed by atoms with E-state index in [1.54, 1.807) is 12.1 Å². The van der Waals surface area contributed by atoms with Gasteiger partial charge in [0.05, 0.1) is 0 Å². The van der Waals surface area contributed by atoms with Crippen molar-refractivity contribution in [3.63, 3.8) is 0 Å². The SMILES string of the molecule is NC(=O)c1ccc(NC2CCNC3(CCC3)C2)c(Br)c1. The molecule has 1 atom stereocenters. The van der Waals surface area contributed by atoms with Gasteiger partial charge in [-0.15, -0.1) is 0 Å². The second-order valence-electron chi connectivity index (χ2n) is 5.95. The van der Waals surface area contributed by atoms with Gasteiger partial charge in [-0.1, -0.05) is 0 Å². The van der Waals surface area contributed by atoms with E-state index in [0.717, 1.165) is 23.1 Å². The van der Waals surface area contributed by atoms with Crippen LogP contribution in [0.15, 0.2) is 22.7 Å². The summed E-state index contributed by atoms with van der Waals surface area (Å²) in [5.74, 6) is -0.396. The van der Waals surface area contributed by atoms with E-state index in [1.807, 2.05) is 6.07 Å². The Labute approximate surface area is 127 Å². The largest absolute Gasteiger partial charge is 0.381 e. The van der Waals surface area contributed by atoms with Crippen LogP contribution in [0.3, 0.4) is 0 Å². The van der Waals surface area contributed by atoms with Gasteiger partial charge in [-0.05, 0) is 72.8 Å². The zero-order chi connectivity index (χ0) is 14.2. The lowest BCUT2D eigenvalue weighted by atomic mass is 9.70. The van der Waals surface area contributed by atoms with E-state index in [-0.39, 0.29) is 0 Å². The van der Waals surface area contributed by atoms with Crippen molar-refractivity contribution in [3.05, 3.63) is 28.2 Å². The van der Waals surface area contributed by atoms with Crippen LogP contribution in [0.2, 0.25) is 0 Å². The second kappa shape index (κ2) is 5.37. The number of nitrogens with two attached hydrogens (primary N) is 1. The number of hydrogen-bond acceptors (Lipinski definition) is 3. The van der Waals surface area contributed by atoms with Crippen molar-refractivity contribution < 1.29 is 4.79 Å². The molecule has 1 spiro atoms. The Morgan fingerprint density at radius 1 is 1.45 bits per heavy atom. The van der Waals surface area contributed by atoms with E-state index in [4.69, 9.17) is 5.73 Å². The third kappa shape index (κ3) is 2.69. The number of piperidine rings is 1. The van der Waals surface area contributed by atoms with Gasteiger partial charge in [0.1, 0.15) is 0 Å². The highest BCUT2D eigenvalue weighted by atomic mass is 79.9. The van der Waals surface area contributed by atoms with Crippen LogP contribution in [0.25, 0.3) is 0 Å². The van der Waals surface area contributed by atoms with Gasteiger partial charge in [-0.25, -0.2) is 0 Å². The molecule has 1 amide bonds. The number of primary amides is 1. The predicted octanol–water partition coefficient (Wildman–Crippen LogP) is 2.63. The van der Waals surface area contributed by atoms with Gasteiger partial charge in [0.25, 0.3) is 0 Å². The minimum absolute atomic E-state index is 0.384. The molecule has 1 aromatic carbocycles. The first-order valence-corrected chi connectivity index (χ1v) is 7.98. The molecule has 1 saturated heterocycles. The van der Waals surface area contributed by atoms with Gasteiger partial charge in [0.15, 0.2) is 0 Å². The van der Waals surface area contributed by atoms with Crippen molar-refractivity contribution in [3.8, 4) is 0 Å². The highest BCUT2D eigenvalue weighted by molar-refractivity contribution is 9.10. The molecule has 1 heterocycles. The molecule has 108 valence electrons. The lowest BCUT2D eigenvalue weighted by Gasteiger charge is -2.48. The first-order valence-electron chi connectivity index (χ1n) is 7.19. The summed E-state index contributed by atoms with van der Waals surface area (Å²) in [6.45, 7) is 1.08. The Hall–Kier alpha value is -1.07. The summed E-state index contributed by atoms with van der Waals surface area (Å²) in [6, 6.07) is 5.98. The standard InChI is InChI=1S/C15H20BrN3O/c16-12-8-10(14(17)20)2-3-13(12)19-11-4-7-18-15(9-11)5-1-6-15/h2-3,8,11,18-19H,1,4-7,9H2,(H2,17,20). The number of rotatable bonds is 3. The number of benzene rings is 1. The molecule has 2 aliphatic rings. The molecule has 2 fully saturated rings. The quantitative estimate of drug-likeness (QED) is 0.794. The molecule has 20 heavy (non-hydrogen) atoms. The van der Waals surface area contributed by atoms with Crippen LogP contribution in [0.1, 0.15) is 42.5 Å². The van der Waals surface area contributed by atoms with Crippen LogP contribution in [-0.4, -0.2) is 24.0 Å². The Kier molecular flexibility index (Phi) is 3.73. The van der Waals surface area contributed by atoms with Gasteiger partial charge in [0, 0.05) is 27.3 Å². The normalized spacial score (nSPS) is 24.1. The van der Waals surface area contributed by atoms with Crippen molar-refractivity contribution in [2.75, 3.05) is 11.9 Å². The van der Waals surface area contributed by atoms with E-state index in [9.17, 15) is 4.79 Å². The third-order valence-corrected chi connectivity index (χ3v) is 5.21. The van der Waals surface area contributed by atoms with Crippen molar-refractivity contribution in [2.24, 2.45) is 5.73 Å². The van der Waals surface area contributed by atoms with Gasteiger partial charge in [-0.3, -0.25) is 4.79 Å². The Bertz CT molecular complexity index is 528. The molecular formula is C15H20BrN3O. The number of halogens is 1. The van der Waals surface area contributed by atoms with Crippen molar-refractivity contribution >= 4 is 27.5 Å². The van der Waals surface area contributed by atoms with E-state index < -0.39 is 5.91 Å². The smallest absolute Gasteiger partial charge is 0.248 e. The van der Waals surface area contributed by atoms with Crippen molar-refractivity contribution in [2.45, 2.75) is 43.7 Å². The predicted molar refractivity (Wildman–Crippen MR) is 83.9 cm³/mol. The number of carbonyl (C=O) groups excluding carboxylic acids is 1. The van der Waals surface area contributed by atoms with E-state index >= 15 is 0 Å². The number of amides is 1. The maximum atomic E-state index is 11.2. The lowest BCUT2D eigenvalue weighted by Crippen LogP contribution is -2.58. The van der Waals surface area contributed by atoms with Crippen LogP contribution in [0, 0.1) is 0 Å². The molecule has 0 aromatic heterocycles. The van der Waals surface area contributed by atoms with Crippen LogP contribution >= 0.6 is 15.9 Å². The lowest BCUT2D eigenvalue weighted by molar-refractivity contribution is 0.100. The molecule has 5 heteroatoms. The Balaban J connectivity index is 1.69. The second-order valence-corrected chi connectivity index (χ2v) is 6.81. The average Bonchev–Trinajstić information content (AvgIpc) is 2.39. The summed E-state index contributed by atoms with van der Waals surface area (Å²) in [7, 11) is 0. The highest BCUT2D eigenvalue weighted by Crippen LogP contribution is 2.39. The number of carbonyl (C=O) groups is 1. The first kappa shape index (κ1) is 13.9. The van der Waals surface area contributed by atoms with Crippen molar-refractivity contribution in [1.29, 1.82) is 0 Å². The molecule has 4 N–H and O–H groups in total. The summed E-state index contributed by atoms with van der Waals surface area (Å²) in [4.78, 5) is 11.2. The zero-order valence-electron chi connectivity index (χ0n) is 11.4. The molecule has 0 radical (unpaired) electrons. The first-order chi connectivity index (χ1) is 9.58. The summed E-state index contributed by atoms with van der Waals surface area (Å²) in [5.41, 5.74) is 7.24. The zero-order valence-corrected chi connectivity index (χ0v) is 13.0. The Morgan fingerprint density at radius 3 is 2.85 bits per heavy atom. The molecule has 1 aliphatic heterocycles. The molecule has 1 aromatic rings. The minimum atomic E-state index is -0.396. The van der Waals surface area contributed by atoms with Crippen LogP contribution in [-0.2, 0) is 0 Å². The van der Waals surface area contributed by atoms with E-state index in [2.05, 4.69) is 26.6 Å².